The minimum absolute atomic E-state index is 0.118. The Hall–Kier alpha value is -1.63. The molecule has 210 valence electrons. The van der Waals surface area contributed by atoms with Crippen LogP contribution in [0.4, 0.5) is 0 Å². The second-order valence-corrected chi connectivity index (χ2v) is 8.93. The SMILES string of the molecule is CC(C)NC(=O)CCCCCn1cc(COCCOCCOCCOCCOCCOC(C)C)nn1. The number of carbonyl (C=O) groups excluding carboxylic acids is 1. The molecule has 0 aromatic carbocycles. The highest BCUT2D eigenvalue weighted by atomic mass is 16.6. The van der Waals surface area contributed by atoms with Crippen molar-refractivity contribution >= 4 is 5.91 Å². The fourth-order valence-corrected chi connectivity index (χ4v) is 3.04. The van der Waals surface area contributed by atoms with Crippen LogP contribution in [0.2, 0.25) is 0 Å². The highest BCUT2D eigenvalue weighted by molar-refractivity contribution is 5.76. The predicted octanol–water partition coefficient (Wildman–Crippen LogP) is 2.37. The predicted molar refractivity (Wildman–Crippen MR) is 136 cm³/mol. The lowest BCUT2D eigenvalue weighted by atomic mass is 10.2. The van der Waals surface area contributed by atoms with Crippen molar-refractivity contribution in [3.05, 3.63) is 11.9 Å². The van der Waals surface area contributed by atoms with Crippen LogP contribution in [0.25, 0.3) is 0 Å². The van der Waals surface area contributed by atoms with Gasteiger partial charge in [0.1, 0.15) is 5.69 Å². The van der Waals surface area contributed by atoms with Gasteiger partial charge in [-0.15, -0.1) is 5.10 Å². The Kier molecular flexibility index (Phi) is 20.3. The van der Waals surface area contributed by atoms with Gasteiger partial charge in [-0.25, -0.2) is 0 Å². The van der Waals surface area contributed by atoms with Gasteiger partial charge < -0.3 is 33.7 Å². The molecule has 11 nitrogen and oxygen atoms in total. The largest absolute Gasteiger partial charge is 0.377 e. The summed E-state index contributed by atoms with van der Waals surface area (Å²) >= 11 is 0. The Morgan fingerprint density at radius 3 is 1.92 bits per heavy atom. The van der Waals surface area contributed by atoms with E-state index < -0.39 is 0 Å². The number of aryl methyl sites for hydroxylation is 1. The third-order valence-electron chi connectivity index (χ3n) is 4.74. The van der Waals surface area contributed by atoms with Gasteiger partial charge in [-0.2, -0.15) is 0 Å². The monoisotopic (exact) mass is 516 g/mol. The molecule has 0 saturated heterocycles. The van der Waals surface area contributed by atoms with Gasteiger partial charge in [0, 0.05) is 19.0 Å². The van der Waals surface area contributed by atoms with Gasteiger partial charge in [0.15, 0.2) is 0 Å². The fraction of sp³-hybridized carbons (Fsp3) is 0.880. The van der Waals surface area contributed by atoms with Gasteiger partial charge in [-0.3, -0.25) is 9.48 Å². The van der Waals surface area contributed by atoms with E-state index in [0.29, 0.717) is 79.1 Å². The minimum atomic E-state index is 0.118. The standard InChI is InChI=1S/C25H48N4O7/c1-22(2)26-25(30)8-6-5-7-9-29-20-24(27-28-29)21-35-17-16-33-13-12-31-10-11-32-14-15-34-18-19-36-23(3)4/h20,22-23H,5-19,21H2,1-4H3,(H,26,30). The first-order valence-corrected chi connectivity index (χ1v) is 13.2. The topological polar surface area (TPSA) is 115 Å². The van der Waals surface area contributed by atoms with E-state index in [4.69, 9.17) is 28.4 Å². The molecule has 0 aliphatic rings. The first-order chi connectivity index (χ1) is 17.5. The van der Waals surface area contributed by atoms with E-state index in [1.165, 1.54) is 0 Å². The highest BCUT2D eigenvalue weighted by Gasteiger charge is 2.04. The maximum atomic E-state index is 11.6. The van der Waals surface area contributed by atoms with Crippen molar-refractivity contribution in [2.45, 2.75) is 78.7 Å². The third kappa shape index (κ3) is 20.6. The molecule has 0 fully saturated rings. The van der Waals surface area contributed by atoms with Crippen LogP contribution in [0.5, 0.6) is 0 Å². The summed E-state index contributed by atoms with van der Waals surface area (Å²) in [6.07, 6.45) is 5.53. The summed E-state index contributed by atoms with van der Waals surface area (Å²) in [6.45, 7) is 14.5. The number of nitrogens with one attached hydrogen (secondary N) is 1. The van der Waals surface area contributed by atoms with Crippen molar-refractivity contribution in [2.75, 3.05) is 66.1 Å². The zero-order valence-corrected chi connectivity index (χ0v) is 22.7. The van der Waals surface area contributed by atoms with Gasteiger partial charge in [0.2, 0.25) is 5.91 Å². The minimum Gasteiger partial charge on any atom is -0.377 e. The summed E-state index contributed by atoms with van der Waals surface area (Å²) < 4.78 is 34.6. The fourth-order valence-electron chi connectivity index (χ4n) is 3.04. The molecule has 0 bridgehead atoms. The molecule has 1 heterocycles. The van der Waals surface area contributed by atoms with E-state index >= 15 is 0 Å². The first-order valence-electron chi connectivity index (χ1n) is 13.2. The van der Waals surface area contributed by atoms with Gasteiger partial charge in [0.05, 0.1) is 85.0 Å². The van der Waals surface area contributed by atoms with Crippen LogP contribution in [-0.2, 0) is 46.4 Å². The number of ether oxygens (including phenoxy) is 6. The smallest absolute Gasteiger partial charge is 0.220 e. The summed E-state index contributed by atoms with van der Waals surface area (Å²) in [5.74, 6) is 0.118. The number of carbonyl (C=O) groups is 1. The molecular formula is C25H48N4O7. The summed E-state index contributed by atoms with van der Waals surface area (Å²) in [5, 5.41) is 11.2. The Morgan fingerprint density at radius 1 is 0.806 bits per heavy atom. The number of nitrogens with zero attached hydrogens (tertiary/aromatic N) is 3. The van der Waals surface area contributed by atoms with Crippen LogP contribution in [0.1, 0.15) is 59.1 Å². The van der Waals surface area contributed by atoms with Crippen LogP contribution in [-0.4, -0.2) is 99.1 Å². The van der Waals surface area contributed by atoms with E-state index in [1.54, 1.807) is 0 Å². The Morgan fingerprint density at radius 2 is 1.36 bits per heavy atom. The van der Waals surface area contributed by atoms with Crippen LogP contribution >= 0.6 is 0 Å². The quantitative estimate of drug-likeness (QED) is 0.196. The number of rotatable bonds is 25. The summed E-state index contributed by atoms with van der Waals surface area (Å²) in [4.78, 5) is 11.6. The van der Waals surface area contributed by atoms with Crippen LogP contribution < -0.4 is 5.32 Å². The maximum Gasteiger partial charge on any atom is 0.220 e. The zero-order valence-electron chi connectivity index (χ0n) is 22.7. The van der Waals surface area contributed by atoms with Crippen LogP contribution in [0.3, 0.4) is 0 Å². The zero-order chi connectivity index (χ0) is 26.3. The lowest BCUT2D eigenvalue weighted by Gasteiger charge is -2.09. The number of hydrogen-bond acceptors (Lipinski definition) is 9. The molecule has 36 heavy (non-hydrogen) atoms. The van der Waals surface area contributed by atoms with E-state index in [9.17, 15) is 4.79 Å². The number of unbranched alkanes of at least 4 members (excludes halogenated alkanes) is 2. The molecule has 1 aromatic rings. The summed E-state index contributed by atoms with van der Waals surface area (Å²) in [7, 11) is 0. The molecule has 0 unspecified atom stereocenters. The van der Waals surface area contributed by atoms with Crippen LogP contribution in [0.15, 0.2) is 6.20 Å². The Balaban J connectivity index is 1.83. The van der Waals surface area contributed by atoms with Crippen LogP contribution in [0, 0.1) is 0 Å². The second kappa shape index (κ2) is 22.6. The maximum absolute atomic E-state index is 11.6. The lowest BCUT2D eigenvalue weighted by Crippen LogP contribution is -2.29. The molecular weight excluding hydrogens is 468 g/mol. The molecule has 1 N–H and O–H groups in total. The van der Waals surface area contributed by atoms with Gasteiger partial charge in [-0.05, 0) is 40.5 Å². The van der Waals surface area contributed by atoms with Crippen molar-refractivity contribution < 1.29 is 33.2 Å². The van der Waals surface area contributed by atoms with Crippen molar-refractivity contribution in [3.8, 4) is 0 Å². The van der Waals surface area contributed by atoms with Gasteiger partial charge in [-0.1, -0.05) is 11.6 Å². The Bertz CT molecular complexity index is 644. The number of amides is 1. The average Bonchev–Trinajstić information content (AvgIpc) is 3.27. The van der Waals surface area contributed by atoms with Gasteiger partial charge in [0.25, 0.3) is 0 Å². The normalized spacial score (nSPS) is 11.6. The van der Waals surface area contributed by atoms with E-state index in [0.717, 1.165) is 31.5 Å². The third-order valence-corrected chi connectivity index (χ3v) is 4.74. The highest BCUT2D eigenvalue weighted by Crippen LogP contribution is 2.03. The van der Waals surface area contributed by atoms with E-state index in [1.807, 2.05) is 38.6 Å². The molecule has 1 rings (SSSR count). The lowest BCUT2D eigenvalue weighted by molar-refractivity contribution is -0.121. The average molecular weight is 517 g/mol. The molecule has 0 saturated carbocycles. The van der Waals surface area contributed by atoms with Crippen molar-refractivity contribution in [2.24, 2.45) is 0 Å². The van der Waals surface area contributed by atoms with Crippen molar-refractivity contribution in [1.82, 2.24) is 20.3 Å². The van der Waals surface area contributed by atoms with Crippen molar-refractivity contribution in [3.63, 3.8) is 0 Å². The van der Waals surface area contributed by atoms with Crippen molar-refractivity contribution in [1.29, 1.82) is 0 Å². The molecule has 1 aromatic heterocycles. The van der Waals surface area contributed by atoms with E-state index in [2.05, 4.69) is 15.6 Å². The molecule has 0 aliphatic heterocycles. The van der Waals surface area contributed by atoms with Gasteiger partial charge >= 0.3 is 0 Å². The summed E-state index contributed by atoms with van der Waals surface area (Å²) in [6, 6.07) is 0.196. The molecule has 0 spiro atoms. The number of hydrogen-bond donors (Lipinski definition) is 1. The molecule has 0 atom stereocenters. The number of aromatic nitrogens is 3. The van der Waals surface area contributed by atoms with E-state index in [-0.39, 0.29) is 18.1 Å². The molecule has 1 amide bonds. The molecule has 11 heteroatoms. The summed E-state index contributed by atoms with van der Waals surface area (Å²) in [5.41, 5.74) is 0.795. The molecule has 0 radical (unpaired) electrons. The second-order valence-electron chi connectivity index (χ2n) is 8.93. The first kappa shape index (κ1) is 32.4. The Labute approximate surface area is 216 Å². The molecule has 0 aliphatic carbocycles.